The first-order valence-corrected chi connectivity index (χ1v) is 9.37. The molecule has 1 aliphatic heterocycles. The maximum Gasteiger partial charge on any atom is 0.160 e. The standard InChI is InChI=1S/C21H26F2N2O3/c1-28-21-11-16(3-5-20(21)27)12-24-7-8-25(17(14-24)6-9-26)13-15-2-4-18(22)19(23)10-15/h2-5,10-11,17,26-27H,6-9,12-14H2,1H3/t17-/m0/s1. The Morgan fingerprint density at radius 1 is 1.04 bits per heavy atom. The fraction of sp³-hybridized carbons (Fsp3) is 0.429. The smallest absolute Gasteiger partial charge is 0.160 e. The molecule has 7 heteroatoms. The van der Waals surface area contributed by atoms with Gasteiger partial charge >= 0.3 is 0 Å². The fourth-order valence-electron chi connectivity index (χ4n) is 3.68. The number of aliphatic hydroxyl groups excluding tert-OH is 1. The van der Waals surface area contributed by atoms with E-state index in [1.165, 1.54) is 13.2 Å². The molecule has 0 radical (unpaired) electrons. The van der Waals surface area contributed by atoms with Gasteiger partial charge < -0.3 is 14.9 Å². The molecule has 5 nitrogen and oxygen atoms in total. The molecule has 2 aromatic carbocycles. The van der Waals surface area contributed by atoms with Crippen LogP contribution in [0.3, 0.4) is 0 Å². The molecular formula is C21H26F2N2O3. The van der Waals surface area contributed by atoms with Gasteiger partial charge in [0.15, 0.2) is 23.1 Å². The van der Waals surface area contributed by atoms with Crippen LogP contribution in [0.1, 0.15) is 17.5 Å². The maximum atomic E-state index is 13.5. The molecule has 1 heterocycles. The van der Waals surface area contributed by atoms with E-state index in [4.69, 9.17) is 4.74 Å². The highest BCUT2D eigenvalue weighted by molar-refractivity contribution is 5.41. The summed E-state index contributed by atoms with van der Waals surface area (Å²) in [6.45, 7) is 3.63. The highest BCUT2D eigenvalue weighted by Gasteiger charge is 2.27. The van der Waals surface area contributed by atoms with Crippen LogP contribution in [0.2, 0.25) is 0 Å². The van der Waals surface area contributed by atoms with E-state index in [9.17, 15) is 19.0 Å². The van der Waals surface area contributed by atoms with Crippen LogP contribution in [0.15, 0.2) is 36.4 Å². The average Bonchev–Trinajstić information content (AvgIpc) is 2.68. The van der Waals surface area contributed by atoms with Crippen LogP contribution in [0, 0.1) is 11.6 Å². The molecule has 0 spiro atoms. The minimum Gasteiger partial charge on any atom is -0.504 e. The van der Waals surface area contributed by atoms with Gasteiger partial charge in [0, 0.05) is 45.4 Å². The molecule has 0 aromatic heterocycles. The van der Waals surface area contributed by atoms with Gasteiger partial charge in [-0.1, -0.05) is 12.1 Å². The van der Waals surface area contributed by atoms with Crippen molar-refractivity contribution in [1.29, 1.82) is 0 Å². The summed E-state index contributed by atoms with van der Waals surface area (Å²) in [6.07, 6.45) is 0.610. The Hall–Kier alpha value is -2.22. The first-order valence-electron chi connectivity index (χ1n) is 9.37. The monoisotopic (exact) mass is 392 g/mol. The number of methoxy groups -OCH3 is 1. The zero-order chi connectivity index (χ0) is 20.1. The fourth-order valence-corrected chi connectivity index (χ4v) is 3.68. The van der Waals surface area contributed by atoms with Crippen molar-refractivity contribution in [3.8, 4) is 11.5 Å². The van der Waals surface area contributed by atoms with Crippen LogP contribution in [-0.4, -0.2) is 59.4 Å². The normalized spacial score (nSPS) is 18.4. The molecule has 1 atom stereocenters. The van der Waals surface area contributed by atoms with Crippen molar-refractivity contribution in [3.63, 3.8) is 0 Å². The van der Waals surface area contributed by atoms with Gasteiger partial charge in [-0.2, -0.15) is 0 Å². The number of nitrogens with zero attached hydrogens (tertiary/aromatic N) is 2. The number of phenolic OH excluding ortho intramolecular Hbond substituents is 1. The van der Waals surface area contributed by atoms with Crippen LogP contribution < -0.4 is 4.74 Å². The summed E-state index contributed by atoms with van der Waals surface area (Å²) in [6, 6.07) is 9.42. The quantitative estimate of drug-likeness (QED) is 0.759. The summed E-state index contributed by atoms with van der Waals surface area (Å²) in [5.74, 6) is -1.12. The summed E-state index contributed by atoms with van der Waals surface area (Å²) >= 11 is 0. The zero-order valence-corrected chi connectivity index (χ0v) is 15.9. The van der Waals surface area contributed by atoms with Gasteiger partial charge in [0.05, 0.1) is 7.11 Å². The lowest BCUT2D eigenvalue weighted by molar-refractivity contribution is 0.0498. The lowest BCUT2D eigenvalue weighted by atomic mass is 10.1. The van der Waals surface area contributed by atoms with Gasteiger partial charge in [-0.3, -0.25) is 9.80 Å². The summed E-state index contributed by atoms with van der Waals surface area (Å²) in [5.41, 5.74) is 1.75. The van der Waals surface area contributed by atoms with E-state index in [1.54, 1.807) is 12.1 Å². The SMILES string of the molecule is COc1cc(CN2CCN(Cc3ccc(F)c(F)c3)[C@@H](CCO)C2)ccc1O. The maximum absolute atomic E-state index is 13.5. The number of ether oxygens (including phenoxy) is 1. The summed E-state index contributed by atoms with van der Waals surface area (Å²) in [5, 5.41) is 19.2. The first-order chi connectivity index (χ1) is 13.5. The van der Waals surface area contributed by atoms with Gasteiger partial charge in [-0.25, -0.2) is 8.78 Å². The van der Waals surface area contributed by atoms with Crippen molar-refractivity contribution in [2.75, 3.05) is 33.4 Å². The van der Waals surface area contributed by atoms with Crippen LogP contribution in [0.4, 0.5) is 8.78 Å². The van der Waals surface area contributed by atoms with E-state index in [0.29, 0.717) is 25.3 Å². The van der Waals surface area contributed by atoms with Crippen LogP contribution in [0.5, 0.6) is 11.5 Å². The van der Waals surface area contributed by atoms with Crippen LogP contribution >= 0.6 is 0 Å². The second-order valence-corrected chi connectivity index (χ2v) is 7.13. The molecular weight excluding hydrogens is 366 g/mol. The van der Waals surface area contributed by atoms with Crippen LogP contribution in [0.25, 0.3) is 0 Å². The van der Waals surface area contributed by atoms with E-state index in [2.05, 4.69) is 9.80 Å². The molecule has 2 aromatic rings. The minimum atomic E-state index is -0.843. The molecule has 0 amide bonds. The highest BCUT2D eigenvalue weighted by Crippen LogP contribution is 2.27. The van der Waals surface area contributed by atoms with Crippen molar-refractivity contribution < 1.29 is 23.7 Å². The van der Waals surface area contributed by atoms with E-state index in [-0.39, 0.29) is 18.4 Å². The first kappa shape index (κ1) is 20.5. The topological polar surface area (TPSA) is 56.2 Å². The number of benzene rings is 2. The number of aromatic hydroxyl groups is 1. The third-order valence-corrected chi connectivity index (χ3v) is 5.17. The van der Waals surface area contributed by atoms with E-state index in [0.717, 1.165) is 36.8 Å². The predicted octanol–water partition coefficient (Wildman–Crippen LogP) is 2.75. The van der Waals surface area contributed by atoms with Gasteiger partial charge in [0.1, 0.15) is 0 Å². The molecule has 0 aliphatic carbocycles. The Balaban J connectivity index is 1.65. The Morgan fingerprint density at radius 2 is 1.79 bits per heavy atom. The van der Waals surface area contributed by atoms with Crippen molar-refractivity contribution >= 4 is 0 Å². The van der Waals surface area contributed by atoms with E-state index >= 15 is 0 Å². The summed E-state index contributed by atoms with van der Waals surface area (Å²) in [7, 11) is 1.52. The largest absolute Gasteiger partial charge is 0.504 e. The molecule has 0 unspecified atom stereocenters. The Kier molecular flexibility index (Phi) is 6.83. The van der Waals surface area contributed by atoms with E-state index < -0.39 is 11.6 Å². The van der Waals surface area contributed by atoms with Crippen molar-refractivity contribution in [2.24, 2.45) is 0 Å². The second-order valence-electron chi connectivity index (χ2n) is 7.13. The molecule has 1 saturated heterocycles. The molecule has 3 rings (SSSR count). The number of phenols is 1. The highest BCUT2D eigenvalue weighted by atomic mass is 19.2. The predicted molar refractivity (Wildman–Crippen MR) is 102 cm³/mol. The zero-order valence-electron chi connectivity index (χ0n) is 15.9. The van der Waals surface area contributed by atoms with Crippen LogP contribution in [-0.2, 0) is 13.1 Å². The van der Waals surface area contributed by atoms with Gasteiger partial charge in [0.2, 0.25) is 0 Å². The molecule has 2 N–H and O–H groups in total. The number of halogens is 2. The molecule has 1 aliphatic rings. The number of rotatable bonds is 7. The third-order valence-electron chi connectivity index (χ3n) is 5.17. The Morgan fingerprint density at radius 3 is 2.50 bits per heavy atom. The molecule has 1 fully saturated rings. The molecule has 152 valence electrons. The molecule has 0 saturated carbocycles. The number of piperazine rings is 1. The Labute approximate surface area is 163 Å². The summed E-state index contributed by atoms with van der Waals surface area (Å²) in [4.78, 5) is 4.49. The van der Waals surface area contributed by atoms with Crippen molar-refractivity contribution in [3.05, 3.63) is 59.2 Å². The van der Waals surface area contributed by atoms with Crippen molar-refractivity contribution in [2.45, 2.75) is 25.6 Å². The lowest BCUT2D eigenvalue weighted by Gasteiger charge is -2.41. The van der Waals surface area contributed by atoms with Gasteiger partial charge in [0.25, 0.3) is 0 Å². The number of hydrogen-bond donors (Lipinski definition) is 2. The van der Waals surface area contributed by atoms with Crippen molar-refractivity contribution in [1.82, 2.24) is 9.80 Å². The molecule has 0 bridgehead atoms. The lowest BCUT2D eigenvalue weighted by Crippen LogP contribution is -2.52. The van der Waals surface area contributed by atoms with E-state index in [1.807, 2.05) is 12.1 Å². The van der Waals surface area contributed by atoms with Gasteiger partial charge in [-0.05, 0) is 41.8 Å². The van der Waals surface area contributed by atoms with Gasteiger partial charge in [-0.15, -0.1) is 0 Å². The average molecular weight is 392 g/mol. The Bertz CT molecular complexity index is 803. The minimum absolute atomic E-state index is 0.0693. The third kappa shape index (κ3) is 4.98. The second kappa shape index (κ2) is 9.32. The summed E-state index contributed by atoms with van der Waals surface area (Å²) < 4.78 is 31.8. The number of aliphatic hydroxyl groups is 1. The number of hydrogen-bond acceptors (Lipinski definition) is 5. The molecule has 28 heavy (non-hydrogen) atoms.